The molecule has 390 valence electrons. The Morgan fingerprint density at radius 3 is 0.971 bits per heavy atom. The molecule has 0 radical (unpaired) electrons. The third-order valence-electron chi connectivity index (χ3n) is 11.5. The van der Waals surface area contributed by atoms with E-state index in [0.717, 1.165) is 116 Å². The van der Waals surface area contributed by atoms with Gasteiger partial charge in [0.05, 0.1) is 0 Å². The maximum Gasteiger partial charge on any atom is 0.306 e. The molecule has 0 amide bonds. The van der Waals surface area contributed by atoms with Crippen LogP contribution < -0.4 is 0 Å². The minimum atomic E-state index is -0.810. The largest absolute Gasteiger partial charge is 0.462 e. The van der Waals surface area contributed by atoms with Gasteiger partial charge in [0.25, 0.3) is 0 Å². The van der Waals surface area contributed by atoms with Crippen LogP contribution in [-0.4, -0.2) is 37.2 Å². The van der Waals surface area contributed by atoms with Gasteiger partial charge in [-0.1, -0.05) is 232 Å². The first-order valence-corrected chi connectivity index (χ1v) is 28.0. The molecular weight excluding hydrogens is 853 g/mol. The van der Waals surface area contributed by atoms with Crippen molar-refractivity contribution >= 4 is 17.9 Å². The Morgan fingerprint density at radius 2 is 0.580 bits per heavy atom. The van der Waals surface area contributed by atoms with Crippen molar-refractivity contribution in [2.75, 3.05) is 13.2 Å². The van der Waals surface area contributed by atoms with Crippen molar-refractivity contribution in [1.82, 2.24) is 0 Å². The van der Waals surface area contributed by atoms with E-state index in [1.54, 1.807) is 0 Å². The molecule has 0 N–H and O–H groups in total. The molecule has 0 aromatic carbocycles. The fraction of sp³-hybridized carbons (Fsp3) is 0.635. The SMILES string of the molecule is CC/C=C\C/C=C\C/C=C\C/C=C\C/C=C\C/C=C\C/C=C\CCCC(=O)OCC(COC(=O)CCCCCCCCCCC)OC(=O)CCCCCCCC/C=C\C/C=C\C/C=C\CCCCC. The van der Waals surface area contributed by atoms with Crippen LogP contribution in [0.2, 0.25) is 0 Å². The lowest BCUT2D eigenvalue weighted by atomic mass is 10.1. The lowest BCUT2D eigenvalue weighted by Gasteiger charge is -2.18. The van der Waals surface area contributed by atoms with Gasteiger partial charge in [0.15, 0.2) is 6.10 Å². The summed E-state index contributed by atoms with van der Waals surface area (Å²) in [6.45, 7) is 6.41. The second-order valence-electron chi connectivity index (χ2n) is 18.1. The Morgan fingerprint density at radius 1 is 0.304 bits per heavy atom. The molecule has 0 aromatic rings. The smallest absolute Gasteiger partial charge is 0.306 e. The third-order valence-corrected chi connectivity index (χ3v) is 11.5. The number of carbonyl (C=O) groups excluding carboxylic acids is 3. The lowest BCUT2D eigenvalue weighted by molar-refractivity contribution is -0.167. The summed E-state index contributed by atoms with van der Waals surface area (Å²) in [5.74, 6) is -0.985. The number of hydrogen-bond acceptors (Lipinski definition) is 6. The first-order valence-electron chi connectivity index (χ1n) is 28.0. The van der Waals surface area contributed by atoms with Crippen LogP contribution in [0.4, 0.5) is 0 Å². The van der Waals surface area contributed by atoms with Gasteiger partial charge in [0.2, 0.25) is 0 Å². The van der Waals surface area contributed by atoms with E-state index in [-0.39, 0.29) is 37.5 Å². The Labute approximate surface area is 424 Å². The Hall–Kier alpha value is -4.19. The van der Waals surface area contributed by atoms with Crippen LogP contribution in [0.25, 0.3) is 0 Å². The van der Waals surface area contributed by atoms with E-state index in [0.29, 0.717) is 19.3 Å². The maximum atomic E-state index is 12.8. The summed E-state index contributed by atoms with van der Waals surface area (Å²) in [6.07, 6.45) is 77.7. The van der Waals surface area contributed by atoms with Crippen LogP contribution in [0, 0.1) is 0 Å². The molecule has 0 bridgehead atoms. The quantitative estimate of drug-likeness (QED) is 0.0262. The first-order chi connectivity index (χ1) is 34.0. The number of ether oxygens (including phenoxy) is 3. The second-order valence-corrected chi connectivity index (χ2v) is 18.1. The molecule has 0 heterocycles. The summed E-state index contributed by atoms with van der Waals surface area (Å²) in [7, 11) is 0. The van der Waals surface area contributed by atoms with Crippen LogP contribution in [0.1, 0.15) is 239 Å². The molecule has 69 heavy (non-hydrogen) atoms. The average Bonchev–Trinajstić information content (AvgIpc) is 3.35. The number of rotatable bonds is 49. The predicted octanol–water partition coefficient (Wildman–Crippen LogP) is 18.9. The van der Waals surface area contributed by atoms with E-state index in [2.05, 4.69) is 142 Å². The summed E-state index contributed by atoms with van der Waals surface area (Å²) in [4.78, 5) is 38.0. The highest BCUT2D eigenvalue weighted by molar-refractivity contribution is 5.71. The third kappa shape index (κ3) is 54.6. The number of carbonyl (C=O) groups is 3. The molecule has 0 aromatic heterocycles. The molecule has 0 aliphatic heterocycles. The summed E-state index contributed by atoms with van der Waals surface area (Å²) >= 11 is 0. The topological polar surface area (TPSA) is 78.9 Å². The highest BCUT2D eigenvalue weighted by Crippen LogP contribution is 2.13. The summed E-state index contributed by atoms with van der Waals surface area (Å²) < 4.78 is 16.7. The Kier molecular flexibility index (Phi) is 53.0. The highest BCUT2D eigenvalue weighted by Gasteiger charge is 2.19. The highest BCUT2D eigenvalue weighted by atomic mass is 16.6. The molecule has 0 saturated carbocycles. The van der Waals surface area contributed by atoms with Crippen molar-refractivity contribution in [1.29, 1.82) is 0 Å². The van der Waals surface area contributed by atoms with Crippen molar-refractivity contribution in [3.63, 3.8) is 0 Å². The fourth-order valence-electron chi connectivity index (χ4n) is 7.26. The van der Waals surface area contributed by atoms with Crippen LogP contribution in [0.3, 0.4) is 0 Å². The number of hydrogen-bond donors (Lipinski definition) is 0. The number of allylic oxidation sites excluding steroid dienone is 20. The van der Waals surface area contributed by atoms with Crippen molar-refractivity contribution in [2.45, 2.75) is 245 Å². The zero-order valence-electron chi connectivity index (χ0n) is 44.5. The van der Waals surface area contributed by atoms with E-state index in [1.807, 2.05) is 0 Å². The van der Waals surface area contributed by atoms with E-state index >= 15 is 0 Å². The Bertz CT molecular complexity index is 1470. The van der Waals surface area contributed by atoms with E-state index < -0.39 is 6.10 Å². The second kappa shape index (κ2) is 56.4. The molecular formula is C63H102O6. The van der Waals surface area contributed by atoms with Crippen molar-refractivity contribution < 1.29 is 28.6 Å². The number of esters is 3. The molecule has 0 aliphatic carbocycles. The zero-order chi connectivity index (χ0) is 50.0. The monoisotopic (exact) mass is 955 g/mol. The summed E-state index contributed by atoms with van der Waals surface area (Å²) in [5.41, 5.74) is 0. The van der Waals surface area contributed by atoms with Gasteiger partial charge < -0.3 is 14.2 Å². The molecule has 6 heteroatoms. The minimum Gasteiger partial charge on any atom is -0.462 e. The van der Waals surface area contributed by atoms with Gasteiger partial charge in [0.1, 0.15) is 13.2 Å². The standard InChI is InChI=1S/C63H102O6/c1-4-7-10-13-16-19-21-23-25-27-29-30-31-32-34-35-37-39-41-44-47-50-53-56-62(65)68-59-60(58-67-61(64)55-52-49-46-43-18-15-12-9-6-3)69-63(66)57-54-51-48-45-42-40-38-36-33-28-26-24-22-20-17-14-11-8-5-2/h7,10,16-17,19-20,23-26,29-30,32-34,36-37,39,44,47,60H,4-6,8-9,11-15,18,21-22,27-28,31,35,38,40-43,45-46,48-59H2,1-3H3/b10-7-,19-16-,20-17-,25-23-,26-24-,30-29-,34-32-,36-33-,39-37-,47-44-. The van der Waals surface area contributed by atoms with Gasteiger partial charge in [-0.2, -0.15) is 0 Å². The maximum absolute atomic E-state index is 12.8. The molecule has 1 unspecified atom stereocenters. The minimum absolute atomic E-state index is 0.103. The van der Waals surface area contributed by atoms with E-state index in [9.17, 15) is 14.4 Å². The molecule has 0 spiro atoms. The lowest BCUT2D eigenvalue weighted by Crippen LogP contribution is -2.30. The van der Waals surface area contributed by atoms with E-state index in [1.165, 1.54) is 77.0 Å². The summed E-state index contributed by atoms with van der Waals surface area (Å²) in [5, 5.41) is 0. The number of unbranched alkanes of at least 4 members (excludes halogenated alkanes) is 18. The fourth-order valence-corrected chi connectivity index (χ4v) is 7.26. The van der Waals surface area contributed by atoms with Crippen molar-refractivity contribution in [3.8, 4) is 0 Å². The first kappa shape index (κ1) is 64.8. The molecule has 0 aliphatic rings. The van der Waals surface area contributed by atoms with Gasteiger partial charge >= 0.3 is 17.9 Å². The Balaban J connectivity index is 4.44. The zero-order valence-corrected chi connectivity index (χ0v) is 44.5. The van der Waals surface area contributed by atoms with Crippen LogP contribution in [-0.2, 0) is 28.6 Å². The van der Waals surface area contributed by atoms with Gasteiger partial charge in [-0.25, -0.2) is 0 Å². The molecule has 0 saturated heterocycles. The summed E-state index contributed by atoms with van der Waals surface area (Å²) in [6, 6.07) is 0. The molecule has 6 nitrogen and oxygen atoms in total. The van der Waals surface area contributed by atoms with E-state index in [4.69, 9.17) is 14.2 Å². The van der Waals surface area contributed by atoms with Crippen LogP contribution in [0.5, 0.6) is 0 Å². The van der Waals surface area contributed by atoms with Gasteiger partial charge in [-0.15, -0.1) is 0 Å². The van der Waals surface area contributed by atoms with Crippen LogP contribution >= 0.6 is 0 Å². The van der Waals surface area contributed by atoms with Crippen LogP contribution in [0.15, 0.2) is 122 Å². The predicted molar refractivity (Wildman–Crippen MR) is 297 cm³/mol. The molecule has 0 rings (SSSR count). The molecule has 0 fully saturated rings. The van der Waals surface area contributed by atoms with Gasteiger partial charge in [-0.3, -0.25) is 14.4 Å². The van der Waals surface area contributed by atoms with Gasteiger partial charge in [-0.05, 0) is 109 Å². The molecule has 1 atom stereocenters. The average molecular weight is 956 g/mol. The normalized spacial score (nSPS) is 13.0. The van der Waals surface area contributed by atoms with Gasteiger partial charge in [0, 0.05) is 19.3 Å². The van der Waals surface area contributed by atoms with Crippen molar-refractivity contribution in [3.05, 3.63) is 122 Å². The van der Waals surface area contributed by atoms with Crippen molar-refractivity contribution in [2.24, 2.45) is 0 Å².